The van der Waals surface area contributed by atoms with Crippen LogP contribution in [0.1, 0.15) is 36.0 Å². The molecule has 0 radical (unpaired) electrons. The predicted molar refractivity (Wildman–Crippen MR) is 68.7 cm³/mol. The summed E-state index contributed by atoms with van der Waals surface area (Å²) in [6.07, 6.45) is 8.05. The molecule has 2 aromatic rings. The molecule has 0 unspecified atom stereocenters. The molecule has 2 aromatic heterocycles. The van der Waals surface area contributed by atoms with E-state index in [4.69, 9.17) is 0 Å². The lowest BCUT2D eigenvalue weighted by Gasteiger charge is -2.28. The molecule has 1 aliphatic rings. The largest absolute Gasteiger partial charge is 0.391 e. The van der Waals surface area contributed by atoms with Gasteiger partial charge >= 0.3 is 0 Å². The van der Waals surface area contributed by atoms with Gasteiger partial charge in [0, 0.05) is 12.4 Å². The number of nitrogens with one attached hydrogen (secondary N) is 1. The van der Waals surface area contributed by atoms with Gasteiger partial charge in [-0.15, -0.1) is 0 Å². The zero-order valence-corrected chi connectivity index (χ0v) is 10.5. The zero-order valence-electron chi connectivity index (χ0n) is 10.5. The zero-order chi connectivity index (χ0) is 13.2. The van der Waals surface area contributed by atoms with Crippen molar-refractivity contribution in [3.8, 4) is 0 Å². The van der Waals surface area contributed by atoms with Crippen molar-refractivity contribution in [3.05, 3.63) is 30.2 Å². The molecule has 100 valence electrons. The number of fused-ring (bicyclic) bond motifs is 1. The van der Waals surface area contributed by atoms with Crippen molar-refractivity contribution < 1.29 is 9.90 Å². The first-order valence-electron chi connectivity index (χ1n) is 6.53. The SMILES string of the molecule is O=C(N[C@@H]1CCCC[C@H]1O)c1cnn2cccnc12. The fourth-order valence-corrected chi connectivity index (χ4v) is 2.51. The summed E-state index contributed by atoms with van der Waals surface area (Å²) in [7, 11) is 0. The van der Waals surface area contributed by atoms with Crippen LogP contribution < -0.4 is 5.32 Å². The third-order valence-electron chi connectivity index (χ3n) is 3.57. The normalized spacial score (nSPS) is 23.4. The number of hydrogen-bond acceptors (Lipinski definition) is 4. The fraction of sp³-hybridized carbons (Fsp3) is 0.462. The smallest absolute Gasteiger partial charge is 0.257 e. The molecule has 19 heavy (non-hydrogen) atoms. The maximum Gasteiger partial charge on any atom is 0.257 e. The topological polar surface area (TPSA) is 79.5 Å². The molecule has 6 heteroatoms. The molecule has 0 saturated heterocycles. The van der Waals surface area contributed by atoms with Gasteiger partial charge in [0.05, 0.1) is 18.3 Å². The van der Waals surface area contributed by atoms with Crippen molar-refractivity contribution in [2.75, 3.05) is 0 Å². The average Bonchev–Trinajstić information content (AvgIpc) is 2.85. The summed E-state index contributed by atoms with van der Waals surface area (Å²) in [5, 5.41) is 16.8. The molecule has 0 bridgehead atoms. The summed E-state index contributed by atoms with van der Waals surface area (Å²) < 4.78 is 1.56. The molecule has 2 N–H and O–H groups in total. The molecule has 0 aliphatic heterocycles. The summed E-state index contributed by atoms with van der Waals surface area (Å²) in [6, 6.07) is 1.59. The second-order valence-corrected chi connectivity index (χ2v) is 4.88. The van der Waals surface area contributed by atoms with Gasteiger partial charge in [-0.05, 0) is 18.9 Å². The number of amides is 1. The molecule has 2 heterocycles. The van der Waals surface area contributed by atoms with E-state index in [1.165, 1.54) is 6.20 Å². The number of carbonyl (C=O) groups is 1. The highest BCUT2D eigenvalue weighted by atomic mass is 16.3. The Labute approximate surface area is 110 Å². The Hall–Kier alpha value is -1.95. The summed E-state index contributed by atoms with van der Waals surface area (Å²) in [6.45, 7) is 0. The van der Waals surface area contributed by atoms with Gasteiger partial charge in [0.2, 0.25) is 0 Å². The van der Waals surface area contributed by atoms with E-state index < -0.39 is 6.10 Å². The van der Waals surface area contributed by atoms with Crippen LogP contribution >= 0.6 is 0 Å². The van der Waals surface area contributed by atoms with E-state index >= 15 is 0 Å². The van der Waals surface area contributed by atoms with Crippen LogP contribution in [0.4, 0.5) is 0 Å². The standard InChI is InChI=1S/C13H16N4O2/c18-11-5-2-1-4-10(11)16-13(19)9-8-15-17-7-3-6-14-12(9)17/h3,6-8,10-11,18H,1-2,4-5H2,(H,16,19)/t10-,11-/m1/s1. The molecule has 1 fully saturated rings. The molecule has 1 saturated carbocycles. The summed E-state index contributed by atoms with van der Waals surface area (Å²) in [4.78, 5) is 16.4. The Morgan fingerprint density at radius 2 is 2.26 bits per heavy atom. The highest BCUT2D eigenvalue weighted by Crippen LogP contribution is 2.19. The first-order chi connectivity index (χ1) is 9.25. The van der Waals surface area contributed by atoms with Gasteiger partial charge in [-0.1, -0.05) is 12.8 Å². The number of nitrogens with zero attached hydrogens (tertiary/aromatic N) is 3. The van der Waals surface area contributed by atoms with E-state index in [1.807, 2.05) is 0 Å². The monoisotopic (exact) mass is 260 g/mol. The van der Waals surface area contributed by atoms with E-state index in [9.17, 15) is 9.90 Å². The van der Waals surface area contributed by atoms with Crippen molar-refractivity contribution in [1.29, 1.82) is 0 Å². The van der Waals surface area contributed by atoms with Crippen molar-refractivity contribution in [1.82, 2.24) is 19.9 Å². The Morgan fingerprint density at radius 1 is 1.42 bits per heavy atom. The van der Waals surface area contributed by atoms with Crippen LogP contribution in [0.25, 0.3) is 5.65 Å². The van der Waals surface area contributed by atoms with Crippen molar-refractivity contribution >= 4 is 11.6 Å². The summed E-state index contributed by atoms with van der Waals surface area (Å²) in [5.74, 6) is -0.223. The third kappa shape index (κ3) is 2.31. The van der Waals surface area contributed by atoms with Crippen molar-refractivity contribution in [2.24, 2.45) is 0 Å². The first kappa shape index (κ1) is 12.1. The second-order valence-electron chi connectivity index (χ2n) is 4.88. The van der Waals surface area contributed by atoms with Gasteiger partial charge in [-0.25, -0.2) is 9.50 Å². The Morgan fingerprint density at radius 3 is 3.11 bits per heavy atom. The van der Waals surface area contributed by atoms with Gasteiger partial charge in [0.15, 0.2) is 5.65 Å². The van der Waals surface area contributed by atoms with Gasteiger partial charge < -0.3 is 10.4 Å². The Balaban J connectivity index is 1.80. The number of carbonyl (C=O) groups excluding carboxylic acids is 1. The molecule has 0 aromatic carbocycles. The van der Waals surface area contributed by atoms with Crippen LogP contribution in [0.15, 0.2) is 24.7 Å². The minimum absolute atomic E-state index is 0.167. The van der Waals surface area contributed by atoms with Crippen LogP contribution in [-0.2, 0) is 0 Å². The molecular weight excluding hydrogens is 244 g/mol. The molecular formula is C13H16N4O2. The average molecular weight is 260 g/mol. The van der Waals surface area contributed by atoms with E-state index in [0.717, 1.165) is 25.7 Å². The van der Waals surface area contributed by atoms with E-state index in [2.05, 4.69) is 15.4 Å². The van der Waals surface area contributed by atoms with Gasteiger partial charge in [-0.2, -0.15) is 5.10 Å². The quantitative estimate of drug-likeness (QED) is 0.835. The lowest BCUT2D eigenvalue weighted by Crippen LogP contribution is -2.45. The predicted octanol–water partition coefficient (Wildman–Crippen LogP) is 0.763. The molecule has 1 aliphatic carbocycles. The Bertz CT molecular complexity index is 595. The second kappa shape index (κ2) is 4.97. The van der Waals surface area contributed by atoms with Gasteiger partial charge in [-0.3, -0.25) is 4.79 Å². The fourth-order valence-electron chi connectivity index (χ4n) is 2.51. The van der Waals surface area contributed by atoms with E-state index in [-0.39, 0.29) is 11.9 Å². The first-order valence-corrected chi connectivity index (χ1v) is 6.53. The number of aromatic nitrogens is 3. The summed E-state index contributed by atoms with van der Waals surface area (Å²) >= 11 is 0. The number of aliphatic hydroxyl groups excluding tert-OH is 1. The van der Waals surface area contributed by atoms with Crippen LogP contribution in [0.3, 0.4) is 0 Å². The maximum atomic E-state index is 12.2. The Kier molecular flexibility index (Phi) is 3.16. The highest BCUT2D eigenvalue weighted by molar-refractivity contribution is 5.99. The van der Waals surface area contributed by atoms with E-state index in [0.29, 0.717) is 11.2 Å². The van der Waals surface area contributed by atoms with Crippen LogP contribution in [0.5, 0.6) is 0 Å². The van der Waals surface area contributed by atoms with Crippen molar-refractivity contribution in [3.63, 3.8) is 0 Å². The number of aliphatic hydroxyl groups is 1. The molecule has 3 rings (SSSR count). The van der Waals surface area contributed by atoms with Gasteiger partial charge in [0.1, 0.15) is 5.56 Å². The summed E-state index contributed by atoms with van der Waals surface area (Å²) in [5.41, 5.74) is 0.976. The van der Waals surface area contributed by atoms with Crippen LogP contribution in [0, 0.1) is 0 Å². The third-order valence-corrected chi connectivity index (χ3v) is 3.57. The lowest BCUT2D eigenvalue weighted by molar-refractivity contribution is 0.0718. The number of hydrogen-bond donors (Lipinski definition) is 2. The molecule has 0 spiro atoms. The van der Waals surface area contributed by atoms with Crippen molar-refractivity contribution in [2.45, 2.75) is 37.8 Å². The molecule has 1 amide bonds. The number of rotatable bonds is 2. The van der Waals surface area contributed by atoms with Gasteiger partial charge in [0.25, 0.3) is 5.91 Å². The minimum Gasteiger partial charge on any atom is -0.391 e. The molecule has 2 atom stereocenters. The minimum atomic E-state index is -0.451. The van der Waals surface area contributed by atoms with Crippen LogP contribution in [-0.4, -0.2) is 37.8 Å². The van der Waals surface area contributed by atoms with E-state index in [1.54, 1.807) is 23.0 Å². The lowest BCUT2D eigenvalue weighted by atomic mass is 9.92. The van der Waals surface area contributed by atoms with Crippen LogP contribution in [0.2, 0.25) is 0 Å². The highest BCUT2D eigenvalue weighted by Gasteiger charge is 2.26. The maximum absolute atomic E-state index is 12.2. The molecule has 6 nitrogen and oxygen atoms in total.